The van der Waals surface area contributed by atoms with Gasteiger partial charge in [-0.3, -0.25) is 19.2 Å². The van der Waals surface area contributed by atoms with Crippen LogP contribution in [0.15, 0.2) is 46.2 Å². The molecule has 2 aliphatic carbocycles. The Balaban J connectivity index is 1.23. The second kappa shape index (κ2) is 13.5. The molecular weight excluding hydrogens is 574 g/mol. The van der Waals surface area contributed by atoms with E-state index in [1.54, 1.807) is 21.9 Å². The monoisotopic (exact) mass is 621 g/mol. The first kappa shape index (κ1) is 31.6. The van der Waals surface area contributed by atoms with Gasteiger partial charge in [0.2, 0.25) is 11.8 Å². The van der Waals surface area contributed by atoms with Gasteiger partial charge in [0.25, 0.3) is 5.91 Å². The summed E-state index contributed by atoms with van der Waals surface area (Å²) >= 11 is 0. The predicted octanol–water partition coefficient (Wildman–Crippen LogP) is 4.71. The van der Waals surface area contributed by atoms with Crippen molar-refractivity contribution in [3.8, 4) is 0 Å². The lowest BCUT2D eigenvalue weighted by molar-refractivity contribution is -0.178. The highest BCUT2D eigenvalue weighted by Gasteiger charge is 2.60. The summed E-state index contributed by atoms with van der Waals surface area (Å²) in [6, 6.07) is 3.31. The molecule has 4 atom stereocenters. The molecule has 0 N–H and O–H groups in total. The van der Waals surface area contributed by atoms with Crippen LogP contribution in [0.2, 0.25) is 0 Å². The van der Waals surface area contributed by atoms with Crippen LogP contribution in [-0.2, 0) is 23.9 Å². The Kier molecular flexibility index (Phi) is 9.49. The van der Waals surface area contributed by atoms with E-state index in [1.165, 1.54) is 25.4 Å². The SMILES string of the molecule is COC(=O)[C@]12C[C@H](CC(=O)N3CCN(C(=O)c4ccco4)CC3)C(=O)N(CCC3=CCCCC3)C1=C[C@H](C1CCCC1)O[C@@H]2C. The van der Waals surface area contributed by atoms with Crippen LogP contribution >= 0.6 is 0 Å². The van der Waals surface area contributed by atoms with Crippen LogP contribution in [0.1, 0.15) is 88.1 Å². The van der Waals surface area contributed by atoms with Crippen molar-refractivity contribution >= 4 is 23.7 Å². The number of carbonyl (C=O) groups is 4. The molecule has 3 fully saturated rings. The van der Waals surface area contributed by atoms with Gasteiger partial charge in [0.15, 0.2) is 5.76 Å². The first-order chi connectivity index (χ1) is 21.8. The molecular formula is C35H47N3O7. The van der Waals surface area contributed by atoms with E-state index in [0.29, 0.717) is 44.3 Å². The number of carbonyl (C=O) groups excluding carboxylic acids is 4. The minimum atomic E-state index is -1.17. The minimum Gasteiger partial charge on any atom is -0.468 e. The molecule has 4 heterocycles. The van der Waals surface area contributed by atoms with Crippen LogP contribution in [0.4, 0.5) is 0 Å². The summed E-state index contributed by atoms with van der Waals surface area (Å²) in [4.78, 5) is 59.8. The Morgan fingerprint density at radius 1 is 1.04 bits per heavy atom. The fraction of sp³-hybridized carbons (Fsp3) is 0.657. The third-order valence-electron chi connectivity index (χ3n) is 10.8. The summed E-state index contributed by atoms with van der Waals surface area (Å²) in [5.41, 5.74) is 0.892. The average molecular weight is 622 g/mol. The molecule has 1 aromatic rings. The number of amides is 3. The van der Waals surface area contributed by atoms with Gasteiger partial charge in [-0.25, -0.2) is 0 Å². The number of fused-ring (bicyclic) bond motifs is 1. The summed E-state index contributed by atoms with van der Waals surface area (Å²) in [6.07, 6.45) is 15.0. The van der Waals surface area contributed by atoms with Crippen molar-refractivity contribution in [2.75, 3.05) is 39.8 Å². The van der Waals surface area contributed by atoms with Crippen LogP contribution < -0.4 is 0 Å². The molecule has 2 saturated heterocycles. The van der Waals surface area contributed by atoms with Crippen LogP contribution in [0, 0.1) is 17.3 Å². The number of piperazine rings is 1. The number of hydrogen-bond acceptors (Lipinski definition) is 7. The molecule has 1 saturated carbocycles. The van der Waals surface area contributed by atoms with Crippen molar-refractivity contribution in [2.24, 2.45) is 17.3 Å². The number of methoxy groups -OCH3 is 1. The van der Waals surface area contributed by atoms with Gasteiger partial charge in [-0.1, -0.05) is 24.5 Å². The number of furan rings is 1. The number of allylic oxidation sites excluding steroid dienone is 1. The van der Waals surface area contributed by atoms with E-state index in [-0.39, 0.29) is 42.4 Å². The average Bonchev–Trinajstić information content (AvgIpc) is 3.81. The van der Waals surface area contributed by atoms with E-state index in [1.807, 2.05) is 17.9 Å². The van der Waals surface area contributed by atoms with E-state index in [9.17, 15) is 19.2 Å². The minimum absolute atomic E-state index is 0.00500. The van der Waals surface area contributed by atoms with Gasteiger partial charge in [0.05, 0.1) is 25.6 Å². The molecule has 6 rings (SSSR count). The number of ether oxygens (including phenoxy) is 2. The smallest absolute Gasteiger partial charge is 0.320 e. The maximum Gasteiger partial charge on any atom is 0.320 e. The lowest BCUT2D eigenvalue weighted by Crippen LogP contribution is -2.61. The van der Waals surface area contributed by atoms with Crippen LogP contribution in [0.5, 0.6) is 0 Å². The van der Waals surface area contributed by atoms with Crippen molar-refractivity contribution in [1.82, 2.24) is 14.7 Å². The Morgan fingerprint density at radius 2 is 1.80 bits per heavy atom. The molecule has 5 aliphatic rings. The van der Waals surface area contributed by atoms with Crippen molar-refractivity contribution in [1.29, 1.82) is 0 Å². The van der Waals surface area contributed by atoms with Gasteiger partial charge < -0.3 is 28.6 Å². The lowest BCUT2D eigenvalue weighted by atomic mass is 9.66. The molecule has 0 bridgehead atoms. The van der Waals surface area contributed by atoms with Gasteiger partial charge in [0.1, 0.15) is 5.41 Å². The number of hydrogen-bond donors (Lipinski definition) is 0. The zero-order valence-corrected chi connectivity index (χ0v) is 26.7. The first-order valence-corrected chi connectivity index (χ1v) is 16.9. The zero-order valence-electron chi connectivity index (χ0n) is 26.7. The van der Waals surface area contributed by atoms with Gasteiger partial charge in [0, 0.05) is 50.8 Å². The van der Waals surface area contributed by atoms with Gasteiger partial charge in [-0.05, 0) is 82.4 Å². The van der Waals surface area contributed by atoms with E-state index in [4.69, 9.17) is 13.9 Å². The summed E-state index contributed by atoms with van der Waals surface area (Å²) in [5, 5.41) is 0. The fourth-order valence-corrected chi connectivity index (χ4v) is 8.22. The highest BCUT2D eigenvalue weighted by molar-refractivity contribution is 5.93. The second-order valence-electron chi connectivity index (χ2n) is 13.4. The third kappa shape index (κ3) is 6.22. The lowest BCUT2D eigenvalue weighted by Gasteiger charge is -2.52. The Labute approximate surface area is 265 Å². The highest BCUT2D eigenvalue weighted by Crippen LogP contribution is 2.52. The van der Waals surface area contributed by atoms with Crippen molar-refractivity contribution in [3.63, 3.8) is 0 Å². The molecule has 244 valence electrons. The van der Waals surface area contributed by atoms with Gasteiger partial charge in [-0.15, -0.1) is 0 Å². The van der Waals surface area contributed by atoms with Crippen LogP contribution in [-0.4, -0.2) is 90.4 Å². The molecule has 10 heteroatoms. The molecule has 3 aliphatic heterocycles. The van der Waals surface area contributed by atoms with Crippen LogP contribution in [0.3, 0.4) is 0 Å². The number of piperidine rings is 1. The Bertz CT molecular complexity index is 1320. The summed E-state index contributed by atoms with van der Waals surface area (Å²) in [6.45, 7) is 3.92. The number of likely N-dealkylation sites (tertiary alicyclic amines) is 1. The molecule has 0 spiro atoms. The maximum absolute atomic E-state index is 14.4. The molecule has 3 amide bonds. The highest BCUT2D eigenvalue weighted by atomic mass is 16.5. The van der Waals surface area contributed by atoms with Crippen molar-refractivity contribution in [3.05, 3.63) is 47.6 Å². The predicted molar refractivity (Wildman–Crippen MR) is 166 cm³/mol. The first-order valence-electron chi connectivity index (χ1n) is 16.9. The van der Waals surface area contributed by atoms with E-state index in [2.05, 4.69) is 6.08 Å². The fourth-order valence-electron chi connectivity index (χ4n) is 8.22. The van der Waals surface area contributed by atoms with Gasteiger partial charge >= 0.3 is 5.97 Å². The topological polar surface area (TPSA) is 110 Å². The normalized spacial score (nSPS) is 29.2. The molecule has 0 radical (unpaired) electrons. The quantitative estimate of drug-likeness (QED) is 0.305. The van der Waals surface area contributed by atoms with Crippen molar-refractivity contribution < 1.29 is 33.1 Å². The Morgan fingerprint density at radius 3 is 2.47 bits per heavy atom. The van der Waals surface area contributed by atoms with Crippen LogP contribution in [0.25, 0.3) is 0 Å². The number of nitrogens with zero attached hydrogens (tertiary/aromatic N) is 3. The third-order valence-corrected chi connectivity index (χ3v) is 10.8. The maximum atomic E-state index is 14.4. The summed E-state index contributed by atoms with van der Waals surface area (Å²) in [7, 11) is 1.39. The molecule has 10 nitrogen and oxygen atoms in total. The second-order valence-corrected chi connectivity index (χ2v) is 13.4. The van der Waals surface area contributed by atoms with E-state index in [0.717, 1.165) is 51.4 Å². The number of esters is 1. The number of rotatable bonds is 8. The molecule has 1 aromatic heterocycles. The Hall–Kier alpha value is -3.40. The molecule has 0 aromatic carbocycles. The standard InChI is InChI=1S/C35H47N3O7/c1-24-35(34(42)43-2)23-27(21-31(39)36-16-18-37(19-17-36)33(41)28-13-8-20-44-28)32(40)38(15-14-25-9-4-3-5-10-25)30(35)22-29(45-24)26-11-6-7-12-26/h8-9,13,20,22,24,26-27,29H,3-7,10-12,14-19,21,23H2,1-2H3/t24-,27+,29-,35+/m1/s1. The van der Waals surface area contributed by atoms with E-state index >= 15 is 0 Å². The zero-order chi connectivity index (χ0) is 31.6. The molecule has 0 unspecified atom stereocenters. The van der Waals surface area contributed by atoms with Crippen molar-refractivity contribution in [2.45, 2.75) is 89.8 Å². The van der Waals surface area contributed by atoms with Gasteiger partial charge in [-0.2, -0.15) is 0 Å². The molecule has 45 heavy (non-hydrogen) atoms. The largest absolute Gasteiger partial charge is 0.468 e. The summed E-state index contributed by atoms with van der Waals surface area (Å²) in [5.74, 6) is -0.895. The summed E-state index contributed by atoms with van der Waals surface area (Å²) < 4.78 is 17.3. The van der Waals surface area contributed by atoms with E-state index < -0.39 is 23.4 Å².